The molecule has 13 heteroatoms. The Hall–Kier alpha value is -3.90. The number of amides is 1. The first-order chi connectivity index (χ1) is 17.9. The van der Waals surface area contributed by atoms with Gasteiger partial charge in [0.1, 0.15) is 11.4 Å². The molecule has 2 aromatic carbocycles. The van der Waals surface area contributed by atoms with E-state index in [1.807, 2.05) is 14.0 Å². The summed E-state index contributed by atoms with van der Waals surface area (Å²) in [7, 11) is 6.59. The molecule has 1 N–H and O–H groups in total. The maximum Gasteiger partial charge on any atom is 0.416 e. The molecular formula is C25H25ClF3N7O2. The highest BCUT2D eigenvalue weighted by Gasteiger charge is 2.33. The van der Waals surface area contributed by atoms with Gasteiger partial charge < -0.3 is 15.0 Å². The van der Waals surface area contributed by atoms with E-state index in [0.29, 0.717) is 16.4 Å². The molecule has 200 valence electrons. The van der Waals surface area contributed by atoms with Crippen LogP contribution in [0.25, 0.3) is 16.9 Å². The number of nitrogens with zero attached hydrogens (tertiary/aromatic N) is 6. The van der Waals surface area contributed by atoms with Crippen LogP contribution in [0, 0.1) is 6.92 Å². The van der Waals surface area contributed by atoms with Crippen molar-refractivity contribution in [2.45, 2.75) is 19.6 Å². The monoisotopic (exact) mass is 547 g/mol. The number of carbonyl (C=O) groups is 1. The van der Waals surface area contributed by atoms with Crippen LogP contribution < -0.4 is 10.1 Å². The van der Waals surface area contributed by atoms with Gasteiger partial charge in [0.2, 0.25) is 0 Å². The summed E-state index contributed by atoms with van der Waals surface area (Å²) in [4.78, 5) is 14.9. The van der Waals surface area contributed by atoms with Crippen LogP contribution in [0.15, 0.2) is 42.7 Å². The van der Waals surface area contributed by atoms with Crippen LogP contribution in [0.3, 0.4) is 0 Å². The Morgan fingerprint density at radius 3 is 2.55 bits per heavy atom. The molecule has 0 bridgehead atoms. The number of aromatic nitrogens is 5. The summed E-state index contributed by atoms with van der Waals surface area (Å²) >= 11 is 6.39. The van der Waals surface area contributed by atoms with Gasteiger partial charge in [0.15, 0.2) is 0 Å². The molecule has 2 heterocycles. The van der Waals surface area contributed by atoms with Crippen LogP contribution in [-0.2, 0) is 19.8 Å². The van der Waals surface area contributed by atoms with Crippen LogP contribution in [0.4, 0.5) is 18.9 Å². The summed E-state index contributed by atoms with van der Waals surface area (Å²) in [5.41, 5.74) is 2.02. The third-order valence-electron chi connectivity index (χ3n) is 5.89. The first-order valence-electron chi connectivity index (χ1n) is 11.3. The standard InChI is InChI=1S/C25H25ClF3N7O2/c1-14-18(11-30-35(14)4)21-13-36(33-32-21)22-9-15(6-7-19(22)26)24(37)31-20-10-17(25(27,28)29)8-16(12-34(2)3)23(20)38-5/h6-11,13H,12H2,1-5H3,(H,31,37). The number of methoxy groups -OCH3 is 1. The number of ether oxygens (including phenoxy) is 1. The van der Waals surface area contributed by atoms with Gasteiger partial charge in [-0.2, -0.15) is 18.3 Å². The molecule has 0 fully saturated rings. The van der Waals surface area contributed by atoms with E-state index in [4.69, 9.17) is 16.3 Å². The van der Waals surface area contributed by atoms with Crippen LogP contribution in [-0.4, -0.2) is 56.8 Å². The van der Waals surface area contributed by atoms with Gasteiger partial charge in [0.05, 0.1) is 41.5 Å². The lowest BCUT2D eigenvalue weighted by Gasteiger charge is -2.20. The zero-order chi connectivity index (χ0) is 27.8. The minimum Gasteiger partial charge on any atom is -0.494 e. The molecule has 0 aliphatic heterocycles. The smallest absolute Gasteiger partial charge is 0.416 e. The molecule has 0 radical (unpaired) electrons. The Morgan fingerprint density at radius 1 is 1.21 bits per heavy atom. The fourth-order valence-electron chi connectivity index (χ4n) is 3.92. The molecule has 0 unspecified atom stereocenters. The number of hydrogen-bond donors (Lipinski definition) is 1. The zero-order valence-electron chi connectivity index (χ0n) is 21.3. The zero-order valence-corrected chi connectivity index (χ0v) is 22.0. The Kier molecular flexibility index (Phi) is 7.47. The van der Waals surface area contributed by atoms with Gasteiger partial charge in [-0.3, -0.25) is 9.48 Å². The molecule has 1 amide bonds. The van der Waals surface area contributed by atoms with Crippen LogP contribution >= 0.6 is 11.6 Å². The van der Waals surface area contributed by atoms with E-state index in [1.54, 1.807) is 36.1 Å². The molecule has 0 aliphatic rings. The average Bonchev–Trinajstić information content (AvgIpc) is 3.45. The fourth-order valence-corrected chi connectivity index (χ4v) is 4.13. The molecule has 0 spiro atoms. The lowest BCUT2D eigenvalue weighted by molar-refractivity contribution is -0.137. The number of alkyl halides is 3. The van der Waals surface area contributed by atoms with E-state index in [-0.39, 0.29) is 29.1 Å². The normalized spacial score (nSPS) is 11.7. The van der Waals surface area contributed by atoms with Crippen molar-refractivity contribution in [1.29, 1.82) is 0 Å². The molecule has 2 aromatic heterocycles. The van der Waals surface area contributed by atoms with Crippen LogP contribution in [0.1, 0.15) is 27.2 Å². The first-order valence-corrected chi connectivity index (χ1v) is 11.7. The molecule has 9 nitrogen and oxygen atoms in total. The van der Waals surface area contributed by atoms with Crippen molar-refractivity contribution < 1.29 is 22.7 Å². The molecule has 0 saturated heterocycles. The second kappa shape index (κ2) is 10.5. The van der Waals surface area contributed by atoms with Gasteiger partial charge >= 0.3 is 6.18 Å². The average molecular weight is 548 g/mol. The van der Waals surface area contributed by atoms with E-state index < -0.39 is 17.6 Å². The summed E-state index contributed by atoms with van der Waals surface area (Å²) in [6.07, 6.45) is -1.30. The van der Waals surface area contributed by atoms with Crippen molar-refractivity contribution in [3.8, 4) is 22.7 Å². The van der Waals surface area contributed by atoms with Crippen molar-refractivity contribution in [3.63, 3.8) is 0 Å². The quantitative estimate of drug-likeness (QED) is 0.351. The molecule has 0 aliphatic carbocycles. The predicted octanol–water partition coefficient (Wildman–Crippen LogP) is 4.97. The largest absolute Gasteiger partial charge is 0.494 e. The molecule has 4 aromatic rings. The van der Waals surface area contributed by atoms with Gasteiger partial charge in [0, 0.05) is 36.0 Å². The third-order valence-corrected chi connectivity index (χ3v) is 6.21. The van der Waals surface area contributed by atoms with Gasteiger partial charge in [0.25, 0.3) is 5.91 Å². The van der Waals surface area contributed by atoms with Crippen molar-refractivity contribution in [2.24, 2.45) is 7.05 Å². The molecule has 38 heavy (non-hydrogen) atoms. The maximum atomic E-state index is 13.6. The summed E-state index contributed by atoms with van der Waals surface area (Å²) in [5.74, 6) is -0.512. The number of nitrogens with one attached hydrogen (secondary N) is 1. The van der Waals surface area contributed by atoms with E-state index in [9.17, 15) is 18.0 Å². The first kappa shape index (κ1) is 27.1. The predicted molar refractivity (Wildman–Crippen MR) is 137 cm³/mol. The number of hydrogen-bond acceptors (Lipinski definition) is 6. The van der Waals surface area contributed by atoms with Gasteiger partial charge in [-0.1, -0.05) is 16.8 Å². The molecule has 0 saturated carbocycles. The van der Waals surface area contributed by atoms with Crippen molar-refractivity contribution in [1.82, 2.24) is 29.7 Å². The number of halogens is 4. The van der Waals surface area contributed by atoms with Crippen LogP contribution in [0.2, 0.25) is 5.02 Å². The van der Waals surface area contributed by atoms with Crippen molar-refractivity contribution in [3.05, 3.63) is 70.1 Å². The minimum atomic E-state index is -4.61. The van der Waals surface area contributed by atoms with E-state index in [1.165, 1.54) is 30.0 Å². The van der Waals surface area contributed by atoms with Gasteiger partial charge in [-0.25, -0.2) is 4.68 Å². The summed E-state index contributed by atoms with van der Waals surface area (Å²) in [6, 6.07) is 6.31. The van der Waals surface area contributed by atoms with Crippen molar-refractivity contribution in [2.75, 3.05) is 26.5 Å². The highest BCUT2D eigenvalue weighted by atomic mass is 35.5. The lowest BCUT2D eigenvalue weighted by Crippen LogP contribution is -2.18. The second-order valence-electron chi connectivity index (χ2n) is 8.89. The molecular weight excluding hydrogens is 523 g/mol. The van der Waals surface area contributed by atoms with E-state index in [0.717, 1.165) is 23.4 Å². The van der Waals surface area contributed by atoms with E-state index in [2.05, 4.69) is 20.7 Å². The number of rotatable bonds is 7. The van der Waals surface area contributed by atoms with Gasteiger partial charge in [-0.15, -0.1) is 5.10 Å². The Balaban J connectivity index is 1.69. The number of anilines is 1. The fraction of sp³-hybridized carbons (Fsp3) is 0.280. The highest BCUT2D eigenvalue weighted by Crippen LogP contribution is 2.38. The maximum absolute atomic E-state index is 13.6. The number of aryl methyl sites for hydroxylation is 1. The second-order valence-corrected chi connectivity index (χ2v) is 9.29. The summed E-state index contributed by atoms with van der Waals surface area (Å²) < 4.78 is 49.4. The lowest BCUT2D eigenvalue weighted by atomic mass is 10.1. The SMILES string of the molecule is COc1c(CN(C)C)cc(C(F)(F)F)cc1NC(=O)c1ccc(Cl)c(-n2cc(-c3cnn(C)c3C)nn2)c1. The third kappa shape index (κ3) is 5.50. The Morgan fingerprint density at radius 2 is 1.95 bits per heavy atom. The van der Waals surface area contributed by atoms with Crippen molar-refractivity contribution >= 4 is 23.2 Å². The Bertz CT molecular complexity index is 1490. The Labute approximate surface area is 221 Å². The molecule has 0 atom stereocenters. The number of carbonyl (C=O) groups excluding carboxylic acids is 1. The minimum absolute atomic E-state index is 0.101. The topological polar surface area (TPSA) is 90.1 Å². The number of benzene rings is 2. The summed E-state index contributed by atoms with van der Waals surface area (Å²) in [5, 5.41) is 15.4. The van der Waals surface area contributed by atoms with Gasteiger partial charge in [-0.05, 0) is 51.4 Å². The summed E-state index contributed by atoms with van der Waals surface area (Å²) in [6.45, 7) is 2.07. The van der Waals surface area contributed by atoms with Crippen LogP contribution in [0.5, 0.6) is 5.75 Å². The highest BCUT2D eigenvalue weighted by molar-refractivity contribution is 6.32. The van der Waals surface area contributed by atoms with E-state index >= 15 is 0 Å². The molecule has 4 rings (SSSR count).